The van der Waals surface area contributed by atoms with Gasteiger partial charge in [0.1, 0.15) is 0 Å². The van der Waals surface area contributed by atoms with Gasteiger partial charge in [0.15, 0.2) is 0 Å². The SMILES string of the molecule is CCNCC1(Cc2ccsc2)CCCCC1. The lowest BCUT2D eigenvalue weighted by atomic mass is 9.70. The summed E-state index contributed by atoms with van der Waals surface area (Å²) in [7, 11) is 0. The molecule has 0 radical (unpaired) electrons. The lowest BCUT2D eigenvalue weighted by molar-refractivity contribution is 0.182. The van der Waals surface area contributed by atoms with Crippen LogP contribution in [0.3, 0.4) is 0 Å². The van der Waals surface area contributed by atoms with Gasteiger partial charge < -0.3 is 5.32 Å². The summed E-state index contributed by atoms with van der Waals surface area (Å²) >= 11 is 1.83. The highest BCUT2D eigenvalue weighted by Crippen LogP contribution is 2.39. The van der Waals surface area contributed by atoms with Crippen LogP contribution in [0.5, 0.6) is 0 Å². The highest BCUT2D eigenvalue weighted by molar-refractivity contribution is 7.07. The van der Waals surface area contributed by atoms with Crippen molar-refractivity contribution in [3.8, 4) is 0 Å². The van der Waals surface area contributed by atoms with Gasteiger partial charge in [-0.15, -0.1) is 0 Å². The summed E-state index contributed by atoms with van der Waals surface area (Å²) < 4.78 is 0. The molecule has 1 N–H and O–H groups in total. The summed E-state index contributed by atoms with van der Waals surface area (Å²) in [4.78, 5) is 0. The third kappa shape index (κ3) is 3.08. The molecular weight excluding hydrogens is 214 g/mol. The second-order valence-corrected chi connectivity index (χ2v) is 5.93. The Morgan fingerprint density at radius 2 is 2.12 bits per heavy atom. The van der Waals surface area contributed by atoms with Gasteiger partial charge in [-0.2, -0.15) is 11.3 Å². The summed E-state index contributed by atoms with van der Waals surface area (Å²) in [6.07, 6.45) is 8.40. The Morgan fingerprint density at radius 1 is 1.31 bits per heavy atom. The number of hydrogen-bond donors (Lipinski definition) is 1. The molecular formula is C14H23NS. The molecule has 0 saturated heterocycles. The average molecular weight is 237 g/mol. The van der Waals surface area contributed by atoms with Crippen molar-refractivity contribution < 1.29 is 0 Å². The van der Waals surface area contributed by atoms with Crippen molar-refractivity contribution >= 4 is 11.3 Å². The third-order valence-electron chi connectivity index (χ3n) is 3.82. The van der Waals surface area contributed by atoms with E-state index in [-0.39, 0.29) is 0 Å². The topological polar surface area (TPSA) is 12.0 Å². The lowest BCUT2D eigenvalue weighted by Gasteiger charge is -2.37. The predicted molar refractivity (Wildman–Crippen MR) is 72.1 cm³/mol. The van der Waals surface area contributed by atoms with E-state index in [1.807, 2.05) is 11.3 Å². The van der Waals surface area contributed by atoms with Gasteiger partial charge in [0.05, 0.1) is 0 Å². The third-order valence-corrected chi connectivity index (χ3v) is 4.56. The number of rotatable bonds is 5. The highest BCUT2D eigenvalue weighted by atomic mass is 32.1. The fourth-order valence-corrected chi connectivity index (χ4v) is 3.60. The maximum absolute atomic E-state index is 3.57. The Balaban J connectivity index is 2.01. The van der Waals surface area contributed by atoms with Crippen LogP contribution in [-0.4, -0.2) is 13.1 Å². The smallest absolute Gasteiger partial charge is 0.00109 e. The van der Waals surface area contributed by atoms with E-state index in [1.165, 1.54) is 45.1 Å². The van der Waals surface area contributed by atoms with Crippen LogP contribution in [0.4, 0.5) is 0 Å². The van der Waals surface area contributed by atoms with Gasteiger partial charge in [0.2, 0.25) is 0 Å². The van der Waals surface area contributed by atoms with Gasteiger partial charge in [-0.1, -0.05) is 26.2 Å². The molecule has 1 aromatic heterocycles. The molecule has 1 aliphatic rings. The van der Waals surface area contributed by atoms with Crippen molar-refractivity contribution in [3.05, 3.63) is 22.4 Å². The molecule has 90 valence electrons. The maximum atomic E-state index is 3.57. The molecule has 0 atom stereocenters. The van der Waals surface area contributed by atoms with Crippen LogP contribution in [0.1, 0.15) is 44.6 Å². The molecule has 0 bridgehead atoms. The van der Waals surface area contributed by atoms with Crippen molar-refractivity contribution in [1.82, 2.24) is 5.32 Å². The standard InChI is InChI=1S/C14H23NS/c1-2-15-12-14(7-4-3-5-8-14)10-13-6-9-16-11-13/h6,9,11,15H,2-5,7-8,10,12H2,1H3. The molecule has 2 rings (SSSR count). The minimum atomic E-state index is 0.551. The first kappa shape index (κ1) is 12.1. The molecule has 1 heterocycles. The fourth-order valence-electron chi connectivity index (χ4n) is 2.93. The molecule has 0 amide bonds. The van der Waals surface area contributed by atoms with E-state index in [2.05, 4.69) is 29.1 Å². The zero-order chi connectivity index (χ0) is 11.3. The van der Waals surface area contributed by atoms with Gasteiger partial charge >= 0.3 is 0 Å². The summed E-state index contributed by atoms with van der Waals surface area (Å²) in [5.41, 5.74) is 2.10. The normalized spacial score (nSPS) is 19.8. The van der Waals surface area contributed by atoms with E-state index in [4.69, 9.17) is 0 Å². The van der Waals surface area contributed by atoms with Gasteiger partial charge in [0.25, 0.3) is 0 Å². The molecule has 1 nitrogen and oxygen atoms in total. The van der Waals surface area contributed by atoms with Crippen molar-refractivity contribution in [3.63, 3.8) is 0 Å². The van der Waals surface area contributed by atoms with Crippen LogP contribution in [0.15, 0.2) is 16.8 Å². The van der Waals surface area contributed by atoms with Gasteiger partial charge in [-0.25, -0.2) is 0 Å². The van der Waals surface area contributed by atoms with E-state index in [1.54, 1.807) is 5.56 Å². The number of thiophene rings is 1. The second kappa shape index (κ2) is 5.83. The Labute approximate surface area is 103 Å². The number of nitrogens with one attached hydrogen (secondary N) is 1. The van der Waals surface area contributed by atoms with E-state index in [0.717, 1.165) is 6.54 Å². The minimum Gasteiger partial charge on any atom is -0.316 e. The zero-order valence-corrected chi connectivity index (χ0v) is 11.1. The van der Waals surface area contributed by atoms with Crippen molar-refractivity contribution in [2.24, 2.45) is 5.41 Å². The first-order chi connectivity index (χ1) is 7.85. The first-order valence-electron chi connectivity index (χ1n) is 6.56. The molecule has 16 heavy (non-hydrogen) atoms. The average Bonchev–Trinajstić information content (AvgIpc) is 2.80. The van der Waals surface area contributed by atoms with E-state index in [0.29, 0.717) is 5.41 Å². The van der Waals surface area contributed by atoms with Gasteiger partial charge in [-0.3, -0.25) is 0 Å². The van der Waals surface area contributed by atoms with E-state index in [9.17, 15) is 0 Å². The van der Waals surface area contributed by atoms with Crippen LogP contribution in [0, 0.1) is 5.41 Å². The van der Waals surface area contributed by atoms with Crippen molar-refractivity contribution in [2.75, 3.05) is 13.1 Å². The molecule has 0 unspecified atom stereocenters. The summed E-state index contributed by atoms with van der Waals surface area (Å²) in [5.74, 6) is 0. The van der Waals surface area contributed by atoms with E-state index < -0.39 is 0 Å². The highest BCUT2D eigenvalue weighted by Gasteiger charge is 2.31. The molecule has 1 aromatic rings. The maximum Gasteiger partial charge on any atom is 0.00109 e. The predicted octanol–water partition coefficient (Wildman–Crippen LogP) is 3.85. The Hall–Kier alpha value is -0.340. The Kier molecular flexibility index (Phi) is 4.42. The largest absolute Gasteiger partial charge is 0.316 e. The summed E-state index contributed by atoms with van der Waals surface area (Å²) in [6, 6.07) is 2.30. The lowest BCUT2D eigenvalue weighted by Crippen LogP contribution is -2.37. The van der Waals surface area contributed by atoms with Gasteiger partial charge in [-0.05, 0) is 53.6 Å². The fraction of sp³-hybridized carbons (Fsp3) is 0.714. The molecule has 1 saturated carbocycles. The molecule has 1 aliphatic carbocycles. The van der Waals surface area contributed by atoms with Crippen molar-refractivity contribution in [2.45, 2.75) is 45.4 Å². The second-order valence-electron chi connectivity index (χ2n) is 5.15. The van der Waals surface area contributed by atoms with Gasteiger partial charge in [0, 0.05) is 6.54 Å². The molecule has 0 aromatic carbocycles. The molecule has 2 heteroatoms. The molecule has 0 aliphatic heterocycles. The van der Waals surface area contributed by atoms with E-state index >= 15 is 0 Å². The van der Waals surface area contributed by atoms with Crippen LogP contribution >= 0.6 is 11.3 Å². The van der Waals surface area contributed by atoms with Crippen LogP contribution in [-0.2, 0) is 6.42 Å². The molecule has 0 spiro atoms. The summed E-state index contributed by atoms with van der Waals surface area (Å²) in [5, 5.41) is 8.10. The minimum absolute atomic E-state index is 0.551. The van der Waals surface area contributed by atoms with Crippen LogP contribution in [0.25, 0.3) is 0 Å². The summed E-state index contributed by atoms with van der Waals surface area (Å²) in [6.45, 7) is 4.52. The Morgan fingerprint density at radius 3 is 2.75 bits per heavy atom. The first-order valence-corrected chi connectivity index (χ1v) is 7.51. The quantitative estimate of drug-likeness (QED) is 0.820. The zero-order valence-electron chi connectivity index (χ0n) is 10.3. The van der Waals surface area contributed by atoms with Crippen LogP contribution in [0.2, 0.25) is 0 Å². The molecule has 1 fully saturated rings. The van der Waals surface area contributed by atoms with Crippen molar-refractivity contribution in [1.29, 1.82) is 0 Å². The van der Waals surface area contributed by atoms with Crippen LogP contribution < -0.4 is 5.32 Å². The monoisotopic (exact) mass is 237 g/mol. The number of hydrogen-bond acceptors (Lipinski definition) is 2. The Bertz CT molecular complexity index is 286.